The zero-order chi connectivity index (χ0) is 40.6. The highest BCUT2D eigenvalue weighted by atomic mass is 32.2. The molecule has 0 fully saturated rings. The van der Waals surface area contributed by atoms with Gasteiger partial charge in [0.2, 0.25) is 0 Å². The van der Waals surface area contributed by atoms with E-state index in [1.165, 1.54) is 18.2 Å². The van der Waals surface area contributed by atoms with Gasteiger partial charge in [0, 0.05) is 0 Å². The lowest BCUT2D eigenvalue weighted by atomic mass is 10.1. The molecule has 1 heterocycles. The van der Waals surface area contributed by atoms with Crippen molar-refractivity contribution in [2.75, 3.05) is 32.6 Å². The van der Waals surface area contributed by atoms with Crippen LogP contribution in [0.2, 0.25) is 0 Å². The van der Waals surface area contributed by atoms with Crippen LogP contribution in [0.25, 0.3) is 10.4 Å². The second-order valence-corrected chi connectivity index (χ2v) is 14.4. The molecule has 3 rings (SSSR count). The number of benzene rings is 2. The number of aliphatic carboxylic acids is 2. The van der Waals surface area contributed by atoms with Crippen LogP contribution < -0.4 is 30.2 Å². The van der Waals surface area contributed by atoms with Gasteiger partial charge in [-0.25, -0.2) is 27.0 Å². The van der Waals surface area contributed by atoms with Crippen LogP contribution in [-0.2, 0) is 24.2 Å². The number of nitrogens with zero attached hydrogens (tertiary/aromatic N) is 1. The van der Waals surface area contributed by atoms with Gasteiger partial charge in [-0.2, -0.15) is 36.3 Å². The Labute approximate surface area is 300 Å². The first-order chi connectivity index (χ1) is 24.5. The molecule has 0 saturated heterocycles. The van der Waals surface area contributed by atoms with E-state index in [1.54, 1.807) is 36.4 Å². The van der Waals surface area contributed by atoms with Gasteiger partial charge < -0.3 is 40.6 Å². The molecule has 0 spiro atoms. The summed E-state index contributed by atoms with van der Waals surface area (Å²) in [5.41, 5.74) is 10.9. The van der Waals surface area contributed by atoms with E-state index in [2.05, 4.69) is 0 Å². The first-order valence-corrected chi connectivity index (χ1v) is 18.3. The number of carboxylic acids is 2. The van der Waals surface area contributed by atoms with Crippen molar-refractivity contribution in [2.24, 2.45) is 11.5 Å². The molecule has 15 nitrogen and oxygen atoms in total. The standard InChI is InChI=1S/C24H28FN4O7PS2.2C2HF3O2/c25-22-19(15-28)23(17-8-9-20(34-12-4-10-26)21(14-17)35-13-5-11-27)38-24(22)39(32,33)29-16-37(30,31)36-18-6-2-1-3-7-18;2*3-2(4,5)1(6)7/h1-3,6-9,14,29H,4-5,10-13,16,26-27H2,(H,30,31);2*(H,6,7). The maximum absolute atomic E-state index is 15.2. The number of para-hydroxylation sites is 1. The Bertz CT molecular complexity index is 1850. The molecule has 53 heavy (non-hydrogen) atoms. The van der Waals surface area contributed by atoms with Crippen molar-refractivity contribution in [1.82, 2.24) is 4.72 Å². The van der Waals surface area contributed by atoms with Crippen molar-refractivity contribution < 1.29 is 82.4 Å². The molecule has 294 valence electrons. The topological polar surface area (TPSA) is 262 Å². The number of alkyl halides is 6. The number of sulfonamides is 1. The molecule has 3 aromatic rings. The van der Waals surface area contributed by atoms with Crippen LogP contribution in [0.1, 0.15) is 18.4 Å². The summed E-state index contributed by atoms with van der Waals surface area (Å²) in [7, 11) is -9.11. The molecular weight excluding hydrogens is 796 g/mol. The third-order valence-corrected chi connectivity index (χ3v) is 9.90. The Kier molecular flexibility index (Phi) is 18.1. The summed E-state index contributed by atoms with van der Waals surface area (Å²) in [6.07, 6.45) is -10.0. The fourth-order valence-corrected chi connectivity index (χ4v) is 7.23. The second kappa shape index (κ2) is 20.7. The number of hydrogen-bond acceptors (Lipinski definition) is 12. The summed E-state index contributed by atoms with van der Waals surface area (Å²) >= 11 is 0.497. The van der Waals surface area contributed by atoms with Gasteiger partial charge >= 0.3 is 31.9 Å². The first kappa shape index (κ1) is 46.5. The fraction of sp³-hybridized carbons (Fsp3) is 0.321. The average molecular weight is 827 g/mol. The number of hydrogen-bond donors (Lipinski definition) is 6. The molecule has 0 aliphatic carbocycles. The Balaban J connectivity index is 0.000000845. The van der Waals surface area contributed by atoms with Crippen molar-refractivity contribution >= 4 is 40.9 Å². The number of nitrogens with one attached hydrogen (secondary N) is 1. The van der Waals surface area contributed by atoms with Crippen LogP contribution in [0, 0.1) is 17.1 Å². The predicted octanol–water partition coefficient (Wildman–Crippen LogP) is 4.65. The SMILES string of the molecule is N#Cc1c(-c2ccc(OCCCN)c(OCCCN)c2)sc(S(=O)(=O)NCP(=O)(O)Oc2ccccc2)c1F.O=C(O)C(F)(F)F.O=C(O)C(F)(F)F. The minimum atomic E-state index is -5.08. The molecule has 0 saturated carbocycles. The monoisotopic (exact) mass is 826 g/mol. The number of carbonyl (C=O) groups is 2. The zero-order valence-electron chi connectivity index (χ0n) is 26.7. The maximum Gasteiger partial charge on any atom is 0.490 e. The number of nitriles is 1. The van der Waals surface area contributed by atoms with Gasteiger partial charge in [-0.05, 0) is 61.8 Å². The normalized spacial score (nSPS) is 12.5. The van der Waals surface area contributed by atoms with Gasteiger partial charge in [0.1, 0.15) is 23.7 Å². The largest absolute Gasteiger partial charge is 0.490 e. The van der Waals surface area contributed by atoms with Crippen LogP contribution in [0.15, 0.2) is 52.7 Å². The third kappa shape index (κ3) is 16.0. The minimum Gasteiger partial charge on any atom is -0.490 e. The molecule has 1 atom stereocenters. The molecule has 0 amide bonds. The lowest BCUT2D eigenvalue weighted by molar-refractivity contribution is -0.193. The lowest BCUT2D eigenvalue weighted by Crippen LogP contribution is -2.25. The highest BCUT2D eigenvalue weighted by Crippen LogP contribution is 2.44. The van der Waals surface area contributed by atoms with Crippen LogP contribution in [-0.4, -0.2) is 80.4 Å². The number of carboxylic acid groups (broad SMARTS) is 2. The van der Waals surface area contributed by atoms with E-state index in [4.69, 9.17) is 45.3 Å². The quantitative estimate of drug-likeness (QED) is 0.0693. The van der Waals surface area contributed by atoms with Crippen molar-refractivity contribution in [3.8, 4) is 33.8 Å². The predicted molar refractivity (Wildman–Crippen MR) is 172 cm³/mol. The third-order valence-electron chi connectivity index (χ3n) is 5.52. The van der Waals surface area contributed by atoms with E-state index in [1.807, 2.05) is 4.72 Å². The highest BCUT2D eigenvalue weighted by Gasteiger charge is 2.39. The van der Waals surface area contributed by atoms with Crippen molar-refractivity contribution in [2.45, 2.75) is 29.4 Å². The molecule has 1 aromatic heterocycles. The zero-order valence-corrected chi connectivity index (χ0v) is 29.2. The van der Waals surface area contributed by atoms with Gasteiger partial charge in [0.15, 0.2) is 21.5 Å². The Morgan fingerprint density at radius 2 is 1.40 bits per heavy atom. The second-order valence-electron chi connectivity index (χ2n) is 9.62. The van der Waals surface area contributed by atoms with Crippen LogP contribution >= 0.6 is 18.9 Å². The number of halogens is 7. The van der Waals surface area contributed by atoms with E-state index in [9.17, 15) is 49.5 Å². The van der Waals surface area contributed by atoms with E-state index >= 15 is 4.39 Å². The summed E-state index contributed by atoms with van der Waals surface area (Å²) in [4.78, 5) is 27.9. The van der Waals surface area contributed by atoms with Crippen molar-refractivity contribution in [1.29, 1.82) is 5.26 Å². The van der Waals surface area contributed by atoms with Crippen molar-refractivity contribution in [3.63, 3.8) is 0 Å². The number of nitrogens with two attached hydrogens (primary N) is 2. The van der Waals surface area contributed by atoms with E-state index < -0.39 is 63.8 Å². The smallest absolute Gasteiger partial charge is 0.490 e. The molecular formula is C28H30F7N4O11PS2. The Hall–Kier alpha value is -4.50. The molecule has 25 heteroatoms. The molecule has 0 aliphatic heterocycles. The number of thiophene rings is 1. The molecule has 0 radical (unpaired) electrons. The van der Waals surface area contributed by atoms with Gasteiger partial charge in [0.05, 0.1) is 18.1 Å². The minimum absolute atomic E-state index is 0.0280. The summed E-state index contributed by atoms with van der Waals surface area (Å²) in [5, 5.41) is 23.9. The Morgan fingerprint density at radius 3 is 1.85 bits per heavy atom. The van der Waals surface area contributed by atoms with Gasteiger partial charge in [-0.3, -0.25) is 0 Å². The van der Waals surface area contributed by atoms with Crippen LogP contribution in [0.3, 0.4) is 0 Å². The van der Waals surface area contributed by atoms with Gasteiger partial charge in [0.25, 0.3) is 10.0 Å². The fourth-order valence-electron chi connectivity index (χ4n) is 3.19. The molecule has 2 aromatic carbocycles. The summed E-state index contributed by atoms with van der Waals surface area (Å²) in [6.45, 7) is 1.42. The van der Waals surface area contributed by atoms with Crippen molar-refractivity contribution in [3.05, 3.63) is 59.9 Å². The summed E-state index contributed by atoms with van der Waals surface area (Å²) in [6, 6.07) is 14.0. The van der Waals surface area contributed by atoms with E-state index in [0.29, 0.717) is 60.9 Å². The molecule has 0 bridgehead atoms. The highest BCUT2D eigenvalue weighted by molar-refractivity contribution is 7.92. The van der Waals surface area contributed by atoms with E-state index in [-0.39, 0.29) is 17.2 Å². The Morgan fingerprint density at radius 1 is 0.906 bits per heavy atom. The lowest BCUT2D eigenvalue weighted by Gasteiger charge is -2.14. The molecule has 8 N–H and O–H groups in total. The molecule has 1 unspecified atom stereocenters. The maximum atomic E-state index is 15.2. The first-order valence-electron chi connectivity index (χ1n) is 14.2. The van der Waals surface area contributed by atoms with Gasteiger partial charge in [-0.1, -0.05) is 18.2 Å². The van der Waals surface area contributed by atoms with Gasteiger partial charge in [-0.15, -0.1) is 11.3 Å². The summed E-state index contributed by atoms with van der Waals surface area (Å²) in [5.74, 6) is -6.04. The number of rotatable bonds is 15. The van der Waals surface area contributed by atoms with Crippen LogP contribution in [0.5, 0.6) is 17.2 Å². The van der Waals surface area contributed by atoms with E-state index in [0.717, 1.165) is 0 Å². The summed E-state index contributed by atoms with van der Waals surface area (Å²) < 4.78 is 134. The molecule has 0 aliphatic rings. The number of ether oxygens (including phenoxy) is 2. The average Bonchev–Trinajstić information content (AvgIpc) is 3.41. The van der Waals surface area contributed by atoms with Crippen LogP contribution in [0.4, 0.5) is 30.7 Å².